The molecule has 0 aliphatic rings. The second-order valence-corrected chi connectivity index (χ2v) is 5.08. The maximum Gasteiger partial charge on any atom is 0.331 e. The van der Waals surface area contributed by atoms with Gasteiger partial charge in [0.25, 0.3) is 0 Å². The van der Waals surface area contributed by atoms with Gasteiger partial charge >= 0.3 is 5.69 Å². The summed E-state index contributed by atoms with van der Waals surface area (Å²) in [5.41, 5.74) is 3.85. The molecule has 10 heteroatoms. The summed E-state index contributed by atoms with van der Waals surface area (Å²) in [6.45, 7) is 3.69. The van der Waals surface area contributed by atoms with Crippen LogP contribution in [0, 0.1) is 0 Å². The number of aromatic nitrogens is 2. The zero-order valence-electron chi connectivity index (χ0n) is 12.6. The molecular weight excluding hydrogens is 292 g/mol. The van der Waals surface area contributed by atoms with E-state index < -0.39 is 17.5 Å². The van der Waals surface area contributed by atoms with E-state index in [0.29, 0.717) is 5.69 Å². The molecule has 1 heterocycles. The first-order valence-corrected chi connectivity index (χ1v) is 6.84. The Labute approximate surface area is 127 Å². The summed E-state index contributed by atoms with van der Waals surface area (Å²) in [6, 6.07) is 0. The highest BCUT2D eigenvalue weighted by Crippen LogP contribution is 2.24. The van der Waals surface area contributed by atoms with Crippen LogP contribution < -0.4 is 28.2 Å². The van der Waals surface area contributed by atoms with E-state index in [-0.39, 0.29) is 37.7 Å². The highest BCUT2D eigenvalue weighted by molar-refractivity contribution is 5.75. The molecule has 0 saturated heterocycles. The molecule has 1 aromatic rings. The van der Waals surface area contributed by atoms with Crippen LogP contribution in [0.25, 0.3) is 0 Å². The smallest absolute Gasteiger partial charge is 0.331 e. The van der Waals surface area contributed by atoms with Crippen LogP contribution in [0.4, 0.5) is 0 Å². The van der Waals surface area contributed by atoms with Crippen LogP contribution in [0.1, 0.15) is 38.3 Å². The summed E-state index contributed by atoms with van der Waals surface area (Å²) in [7, 11) is 0. The maximum atomic E-state index is 12.4. The van der Waals surface area contributed by atoms with E-state index in [0.717, 1.165) is 4.57 Å². The highest BCUT2D eigenvalue weighted by Gasteiger charge is 2.22. The Kier molecular flexibility index (Phi) is 6.13. The lowest BCUT2D eigenvalue weighted by Gasteiger charge is -2.09. The van der Waals surface area contributed by atoms with Gasteiger partial charge in [0.05, 0.1) is 5.69 Å². The highest BCUT2D eigenvalue weighted by atomic mass is 16.3. The molecule has 0 aromatic carbocycles. The lowest BCUT2D eigenvalue weighted by molar-refractivity contribution is -0.122. The second kappa shape index (κ2) is 7.61. The summed E-state index contributed by atoms with van der Waals surface area (Å²) >= 11 is 0. The number of rotatable bonds is 7. The van der Waals surface area contributed by atoms with Gasteiger partial charge in [-0.25, -0.2) is 16.5 Å². The van der Waals surface area contributed by atoms with E-state index >= 15 is 0 Å². The monoisotopic (exact) mass is 314 g/mol. The molecule has 22 heavy (non-hydrogen) atoms. The average Bonchev–Trinajstić information content (AvgIpc) is 2.72. The third kappa shape index (κ3) is 3.86. The summed E-state index contributed by atoms with van der Waals surface area (Å²) in [5, 5.41) is 10.2. The summed E-state index contributed by atoms with van der Waals surface area (Å²) in [5.74, 6) is 8.76. The number of nitrogens with one attached hydrogen (secondary N) is 2. The summed E-state index contributed by atoms with van der Waals surface area (Å²) < 4.78 is 2.40. The van der Waals surface area contributed by atoms with Crippen molar-refractivity contribution in [2.45, 2.75) is 45.7 Å². The van der Waals surface area contributed by atoms with Crippen molar-refractivity contribution in [2.24, 2.45) is 11.7 Å². The van der Waals surface area contributed by atoms with Gasteiger partial charge in [0.15, 0.2) is 0 Å². The molecule has 0 fully saturated rings. The number of hydrogen-bond acceptors (Lipinski definition) is 6. The molecule has 0 bridgehead atoms. The van der Waals surface area contributed by atoms with Crippen LogP contribution in [-0.4, -0.2) is 26.1 Å². The van der Waals surface area contributed by atoms with E-state index in [2.05, 4.69) is 0 Å². The number of aromatic hydroxyl groups is 1. The molecule has 10 nitrogen and oxygen atoms in total. The van der Waals surface area contributed by atoms with Crippen molar-refractivity contribution in [1.82, 2.24) is 20.0 Å². The number of carbonyl (C=O) groups excluding carboxylic acids is 2. The molecule has 0 radical (unpaired) electrons. The van der Waals surface area contributed by atoms with Crippen molar-refractivity contribution in [3.63, 3.8) is 0 Å². The Morgan fingerprint density at radius 1 is 1.09 bits per heavy atom. The zero-order valence-corrected chi connectivity index (χ0v) is 12.6. The second-order valence-electron chi connectivity index (χ2n) is 5.08. The van der Waals surface area contributed by atoms with Crippen LogP contribution in [-0.2, 0) is 22.7 Å². The minimum atomic E-state index is -0.490. The van der Waals surface area contributed by atoms with Gasteiger partial charge < -0.3 is 5.11 Å². The van der Waals surface area contributed by atoms with Gasteiger partial charge in [0.2, 0.25) is 17.7 Å². The first-order valence-electron chi connectivity index (χ1n) is 6.84. The number of amides is 2. The third-order valence-electron chi connectivity index (χ3n) is 3.23. The van der Waals surface area contributed by atoms with Crippen LogP contribution in [0.5, 0.6) is 5.88 Å². The van der Waals surface area contributed by atoms with Gasteiger partial charge in [-0.05, 0) is 5.92 Å². The van der Waals surface area contributed by atoms with Crippen molar-refractivity contribution in [2.75, 3.05) is 0 Å². The van der Waals surface area contributed by atoms with Gasteiger partial charge in [-0.15, -0.1) is 0 Å². The van der Waals surface area contributed by atoms with Crippen LogP contribution in [0.3, 0.4) is 0 Å². The van der Waals surface area contributed by atoms with Gasteiger partial charge in [0, 0.05) is 25.9 Å². The van der Waals surface area contributed by atoms with Crippen molar-refractivity contribution < 1.29 is 14.7 Å². The minimum Gasteiger partial charge on any atom is -0.493 e. The van der Waals surface area contributed by atoms with Gasteiger partial charge in [-0.1, -0.05) is 13.8 Å². The normalized spacial score (nSPS) is 10.8. The first kappa shape index (κ1) is 17.7. The number of imidazole rings is 1. The van der Waals surface area contributed by atoms with Crippen molar-refractivity contribution in [3.05, 3.63) is 16.2 Å². The van der Waals surface area contributed by atoms with E-state index in [1.54, 1.807) is 0 Å². The fraction of sp³-hybridized carbons (Fsp3) is 0.583. The zero-order chi connectivity index (χ0) is 16.9. The maximum absolute atomic E-state index is 12.4. The van der Waals surface area contributed by atoms with Gasteiger partial charge in [-0.2, -0.15) is 0 Å². The van der Waals surface area contributed by atoms with Gasteiger partial charge in [-0.3, -0.25) is 29.6 Å². The molecular formula is C12H22N6O4. The number of nitrogens with zero attached hydrogens (tertiary/aromatic N) is 2. The molecule has 1 aromatic heterocycles. The molecule has 1 rings (SSSR count). The Morgan fingerprint density at radius 3 is 1.95 bits per heavy atom. The number of hydrazine groups is 2. The third-order valence-corrected chi connectivity index (χ3v) is 3.23. The molecule has 0 aliphatic heterocycles. The predicted octanol–water partition coefficient (Wildman–Crippen LogP) is -1.76. The predicted molar refractivity (Wildman–Crippen MR) is 78.3 cm³/mol. The topological polar surface area (TPSA) is 157 Å². The molecule has 0 saturated carbocycles. The lowest BCUT2D eigenvalue weighted by Crippen LogP contribution is -2.34. The van der Waals surface area contributed by atoms with Crippen molar-refractivity contribution in [1.29, 1.82) is 0 Å². The minimum absolute atomic E-state index is 0.00284. The van der Waals surface area contributed by atoms with Crippen LogP contribution in [0.15, 0.2) is 4.79 Å². The van der Waals surface area contributed by atoms with E-state index in [4.69, 9.17) is 11.7 Å². The molecule has 124 valence electrons. The molecule has 0 atom stereocenters. The summed E-state index contributed by atoms with van der Waals surface area (Å²) in [6.07, 6.45) is -0.0440. The van der Waals surface area contributed by atoms with E-state index in [9.17, 15) is 19.5 Å². The Morgan fingerprint density at radius 2 is 1.55 bits per heavy atom. The number of hydrogen-bond donors (Lipinski definition) is 5. The van der Waals surface area contributed by atoms with Crippen LogP contribution >= 0.6 is 0 Å². The average molecular weight is 314 g/mol. The quantitative estimate of drug-likeness (QED) is 0.228. The fourth-order valence-electron chi connectivity index (χ4n) is 2.16. The molecule has 2 amide bonds. The molecule has 0 unspecified atom stereocenters. The summed E-state index contributed by atoms with van der Waals surface area (Å²) in [4.78, 5) is 34.8. The molecule has 0 aliphatic carbocycles. The number of nitrogens with two attached hydrogens (primary N) is 2. The van der Waals surface area contributed by atoms with Crippen LogP contribution in [0.2, 0.25) is 0 Å². The Hall–Kier alpha value is -2.33. The number of carbonyl (C=O) groups is 2. The standard InChI is InChI=1S/C12H22N6O4/c1-7(2)10-11(21)18(6-4-9(20)16-14)12(22)17(10)5-3-8(19)15-13/h7,21H,3-6,13-14H2,1-2H3,(H,15,19)(H,16,20). The SMILES string of the molecule is CC(C)c1c(O)n(CCC(=O)NN)c(=O)n1CCC(=O)NN. The van der Waals surface area contributed by atoms with E-state index in [1.165, 1.54) is 4.57 Å². The Bertz CT molecular complexity index is 603. The lowest BCUT2D eigenvalue weighted by atomic mass is 10.1. The molecule has 7 N–H and O–H groups in total. The largest absolute Gasteiger partial charge is 0.493 e. The van der Waals surface area contributed by atoms with E-state index in [1.807, 2.05) is 24.7 Å². The molecule has 0 spiro atoms. The first-order chi connectivity index (χ1) is 10.3. The van der Waals surface area contributed by atoms with Crippen molar-refractivity contribution >= 4 is 11.8 Å². The fourth-order valence-corrected chi connectivity index (χ4v) is 2.16. The van der Waals surface area contributed by atoms with Crippen molar-refractivity contribution in [3.8, 4) is 5.88 Å². The Balaban J connectivity index is 3.11. The van der Waals surface area contributed by atoms with Gasteiger partial charge in [0.1, 0.15) is 0 Å².